The maximum atomic E-state index is 13.1. The summed E-state index contributed by atoms with van der Waals surface area (Å²) in [6, 6.07) is 59.1. The van der Waals surface area contributed by atoms with Crippen molar-refractivity contribution in [1.29, 1.82) is 0 Å². The van der Waals surface area contributed by atoms with Gasteiger partial charge in [-0.2, -0.15) is 0 Å². The molecule has 5 fully saturated rings. The maximum absolute atomic E-state index is 13.1. The number of carbonyl (C=O) groups is 7. The largest absolute Gasteiger partial charge is 1.00 e. The average molecular weight is 1550 g/mol. The molecule has 3 aliphatic carbocycles. The number of benzene rings is 7. The molecule has 0 bridgehead atoms. The first-order valence-corrected chi connectivity index (χ1v) is 35.9. The molecule has 4 amide bonds. The number of phenolic OH excluding ortho intramolecular Hbond substituents is 1. The number of phenols is 1. The monoisotopic (exact) mass is 1550 g/mol. The van der Waals surface area contributed by atoms with Crippen LogP contribution in [0.15, 0.2) is 188 Å². The summed E-state index contributed by atoms with van der Waals surface area (Å²) in [7, 11) is 13.8. The summed E-state index contributed by atoms with van der Waals surface area (Å²) >= 11 is 0. The van der Waals surface area contributed by atoms with Crippen LogP contribution in [-0.2, 0) is 90.1 Å². The van der Waals surface area contributed by atoms with Gasteiger partial charge in [-0.1, -0.05) is 140 Å². The second kappa shape index (κ2) is 47.1. The Morgan fingerprint density at radius 1 is 0.422 bits per heavy atom. The van der Waals surface area contributed by atoms with Crippen LogP contribution in [0.25, 0.3) is 0 Å². The van der Waals surface area contributed by atoms with E-state index in [0.717, 1.165) is 63.3 Å². The van der Waals surface area contributed by atoms with Crippen LogP contribution in [-0.4, -0.2) is 182 Å². The van der Waals surface area contributed by atoms with E-state index in [1.807, 2.05) is 164 Å². The summed E-state index contributed by atoms with van der Waals surface area (Å²) in [6.07, 6.45) is 6.87. The molecule has 25 heteroatoms. The number of hydrogen-bond acceptors (Lipinski definition) is 19. The SMILES string of the molecule is CN(C)C(=O)C(c1ccc(OCc2ccccc2)cc1)C1(O)CCC(=O)CC1.CN(C)C(=O)C(c1ccc(OCc2ccccc2)cc1)C1(O)CCC2(CC1)OCCO2.CN(C)C(=O)Cc1ccc(O)cc1.CN(C)C(=O)Cc1ccc(OCc2ccccc2)cc1.O=C1CCC2(CC1)OCCO2.O=CO[O-].[H-].[K+].[K+]. The Labute approximate surface area is 727 Å². The van der Waals surface area contributed by atoms with Crippen molar-refractivity contribution in [3.05, 3.63) is 227 Å². The Bertz CT molecular complexity index is 3860. The summed E-state index contributed by atoms with van der Waals surface area (Å²) in [5, 5.41) is 40.2. The second-order valence-electron chi connectivity index (χ2n) is 27.7. The number of aromatic hydroxyl groups is 1. The number of nitrogens with zero attached hydrogens (tertiary/aromatic N) is 4. The molecule has 5 aliphatic rings. The second-order valence-corrected chi connectivity index (χ2v) is 27.7. The third kappa shape index (κ3) is 30.5. The third-order valence-corrected chi connectivity index (χ3v) is 19.0. The summed E-state index contributed by atoms with van der Waals surface area (Å²) < 4.78 is 39.9. The predicted octanol–water partition coefficient (Wildman–Crippen LogP) is 4.14. The number of aliphatic hydroxyl groups is 2. The zero-order chi connectivity index (χ0) is 77.4. The number of ether oxygens (including phenoxy) is 7. The number of hydrogen-bond donors (Lipinski definition) is 3. The minimum Gasteiger partial charge on any atom is -1.00 e. The zero-order valence-corrected chi connectivity index (χ0v) is 70.9. The molecule has 109 heavy (non-hydrogen) atoms. The number of ketones is 2. The molecule has 2 aliphatic heterocycles. The van der Waals surface area contributed by atoms with Crippen molar-refractivity contribution in [2.24, 2.45) is 0 Å². The summed E-state index contributed by atoms with van der Waals surface area (Å²) in [5.74, 6) is 0.550. The summed E-state index contributed by atoms with van der Waals surface area (Å²) in [4.78, 5) is 88.8. The predicted molar refractivity (Wildman–Crippen MR) is 400 cm³/mol. The number of Topliss-reactive ketones (excluding diaryl/α,β-unsaturated/α-hetero) is 2. The Kier molecular flexibility index (Phi) is 40.2. The van der Waals surface area contributed by atoms with Crippen molar-refractivity contribution in [2.75, 3.05) is 82.8 Å². The molecule has 12 rings (SSSR count). The van der Waals surface area contributed by atoms with E-state index >= 15 is 0 Å². The van der Waals surface area contributed by atoms with Gasteiger partial charge in [-0.3, -0.25) is 33.6 Å². The number of carbonyl (C=O) groups excluding carboxylic acids is 7. The van der Waals surface area contributed by atoms with Gasteiger partial charge in [-0.05, 0) is 113 Å². The van der Waals surface area contributed by atoms with Gasteiger partial charge in [0, 0.05) is 108 Å². The van der Waals surface area contributed by atoms with E-state index in [1.54, 1.807) is 95.3 Å². The number of amides is 4. The molecule has 576 valence electrons. The van der Waals surface area contributed by atoms with Crippen molar-refractivity contribution >= 4 is 41.7 Å². The fourth-order valence-corrected chi connectivity index (χ4v) is 12.7. The van der Waals surface area contributed by atoms with Crippen LogP contribution in [0.2, 0.25) is 0 Å². The topological polar surface area (TPSA) is 290 Å². The molecule has 0 aromatic heterocycles. The molecule has 7 aromatic rings. The van der Waals surface area contributed by atoms with Crippen molar-refractivity contribution in [2.45, 2.75) is 144 Å². The van der Waals surface area contributed by atoms with Crippen LogP contribution in [0.4, 0.5) is 0 Å². The van der Waals surface area contributed by atoms with Gasteiger partial charge in [-0.25, -0.2) is 0 Å². The van der Waals surface area contributed by atoms with Crippen molar-refractivity contribution < 1.29 is 196 Å². The van der Waals surface area contributed by atoms with Gasteiger partial charge in [-0.15, -0.1) is 0 Å². The Balaban J connectivity index is 0.000000297. The van der Waals surface area contributed by atoms with Crippen LogP contribution in [0, 0.1) is 0 Å². The molecule has 7 aromatic carbocycles. The Hall–Kier alpha value is -6.58. The van der Waals surface area contributed by atoms with E-state index in [2.05, 4.69) is 4.89 Å². The van der Waals surface area contributed by atoms with E-state index in [0.29, 0.717) is 135 Å². The van der Waals surface area contributed by atoms with Crippen molar-refractivity contribution in [3.8, 4) is 23.0 Å². The van der Waals surface area contributed by atoms with Gasteiger partial charge in [0.15, 0.2) is 11.6 Å². The number of rotatable bonds is 20. The third-order valence-electron chi connectivity index (χ3n) is 19.0. The fourth-order valence-electron chi connectivity index (χ4n) is 12.7. The summed E-state index contributed by atoms with van der Waals surface area (Å²) in [5.41, 5.74) is 4.39. The maximum Gasteiger partial charge on any atom is 1.00 e. The smallest absolute Gasteiger partial charge is 1.00 e. The van der Waals surface area contributed by atoms with Gasteiger partial charge in [0.05, 0.1) is 62.3 Å². The van der Waals surface area contributed by atoms with Crippen LogP contribution < -0.4 is 122 Å². The van der Waals surface area contributed by atoms with E-state index < -0.39 is 28.8 Å². The van der Waals surface area contributed by atoms with Crippen LogP contribution in [0.1, 0.15) is 129 Å². The first kappa shape index (κ1) is 93.0. The van der Waals surface area contributed by atoms with E-state index in [-0.39, 0.29) is 152 Å². The molecule has 2 unspecified atom stereocenters. The molecule has 2 spiro atoms. The minimum atomic E-state index is -1.21. The van der Waals surface area contributed by atoms with Crippen LogP contribution >= 0.6 is 0 Å². The van der Waals surface area contributed by atoms with Gasteiger partial charge >= 0.3 is 103 Å². The minimum absolute atomic E-state index is 0. The summed E-state index contributed by atoms with van der Waals surface area (Å²) in [6.45, 7) is 3.86. The van der Waals surface area contributed by atoms with Gasteiger partial charge in [0.2, 0.25) is 23.6 Å². The normalized spacial score (nSPS) is 16.4. The van der Waals surface area contributed by atoms with Gasteiger partial charge in [0.25, 0.3) is 6.47 Å². The standard InChI is InChI=1S/C25H31NO5.C23H27NO4.C17H19NO2.C10H13NO2.C8H12O3.CH2O3.2K.H/c1-26(2)23(27)22(24(28)12-14-25(15-13-24)30-16-17-31-25)20-8-10-21(11-9-20)29-18-19-6-4-3-5-7-19;1-24(2)22(26)21(23(27)14-12-19(25)13-15-23)18-8-10-20(11-9-18)28-16-17-6-4-3-5-7-17;1-18(2)17(19)12-14-8-10-16(11-9-14)20-13-15-6-4-3-5-7-15;1-11(2)10(13)7-8-3-5-9(12)6-4-8;9-7-1-3-8(4-2-7)10-5-6-11-8;2-1-4-3;;;/h3-11,22,28H,12-18H2,1-2H3;3-11,21,27H,12-16H2,1-2H3;3-11H,12-13H2,1-2H3;3-6,12H,7H2,1-2H3;1-6H2;1,3H;;;/q;;;;;;2*+1;-1/p-1. The Morgan fingerprint density at radius 3 is 1.01 bits per heavy atom. The first-order valence-electron chi connectivity index (χ1n) is 35.9. The number of likely N-dealkylation sites (N-methyl/N-ethyl adjacent to an activating group) is 4. The molecule has 23 nitrogen and oxygen atoms in total. The molecule has 2 atom stereocenters. The van der Waals surface area contributed by atoms with E-state index in [9.17, 15) is 39.0 Å². The Morgan fingerprint density at radius 2 is 0.706 bits per heavy atom. The van der Waals surface area contributed by atoms with E-state index in [1.165, 1.54) is 4.90 Å². The molecule has 0 radical (unpaired) electrons. The van der Waals surface area contributed by atoms with Crippen molar-refractivity contribution in [1.82, 2.24) is 19.6 Å². The van der Waals surface area contributed by atoms with Crippen LogP contribution in [0.3, 0.4) is 0 Å². The molecule has 2 saturated heterocycles. The molecular weight excluding hydrogens is 1450 g/mol. The molecule has 3 saturated carbocycles. The zero-order valence-electron chi connectivity index (χ0n) is 65.6. The van der Waals surface area contributed by atoms with Gasteiger partial charge in [0.1, 0.15) is 54.4 Å². The first-order chi connectivity index (χ1) is 51.3. The van der Waals surface area contributed by atoms with Gasteiger partial charge < -0.3 is 79.6 Å². The van der Waals surface area contributed by atoms with Crippen LogP contribution in [0.5, 0.6) is 23.0 Å². The molecular formula is C84H104K2N4O19. The van der Waals surface area contributed by atoms with Crippen molar-refractivity contribution in [3.63, 3.8) is 0 Å². The average Bonchev–Trinajstić information content (AvgIpc) is 1.23. The quantitative estimate of drug-likeness (QED) is 0.0418. The fraction of sp³-hybridized carbons (Fsp3) is 0.417. The van der Waals surface area contributed by atoms with E-state index in [4.69, 9.17) is 48.3 Å². The molecule has 2 heterocycles. The molecule has 3 N–H and O–H groups in total.